The van der Waals surface area contributed by atoms with E-state index in [2.05, 4.69) is 5.32 Å². The maximum atomic E-state index is 11.5. The second-order valence-electron chi connectivity index (χ2n) is 4.98. The van der Waals surface area contributed by atoms with Gasteiger partial charge in [-0.2, -0.15) is 0 Å². The number of nitrogens with one attached hydrogen (secondary N) is 1. The van der Waals surface area contributed by atoms with Crippen molar-refractivity contribution < 1.29 is 14.7 Å². The lowest BCUT2D eigenvalue weighted by Gasteiger charge is -2.30. The second kappa shape index (κ2) is 6.48. The molecule has 1 unspecified atom stereocenters. The zero-order valence-corrected chi connectivity index (χ0v) is 10.2. The quantitative estimate of drug-likeness (QED) is 0.627. The predicted octanol–water partition coefficient (Wildman–Crippen LogP) is 0.731. The van der Waals surface area contributed by atoms with Crippen molar-refractivity contribution in [2.45, 2.75) is 46.1 Å². The van der Waals surface area contributed by atoms with E-state index in [4.69, 9.17) is 10.8 Å². The van der Waals surface area contributed by atoms with Crippen LogP contribution in [0.4, 0.5) is 0 Å². The van der Waals surface area contributed by atoms with Crippen LogP contribution in [0.3, 0.4) is 0 Å². The Balaban J connectivity index is 4.32. The molecule has 16 heavy (non-hydrogen) atoms. The Morgan fingerprint density at radius 2 is 1.94 bits per heavy atom. The fourth-order valence-electron chi connectivity index (χ4n) is 1.28. The van der Waals surface area contributed by atoms with E-state index in [-0.39, 0.29) is 23.8 Å². The average molecular weight is 230 g/mol. The first-order valence-corrected chi connectivity index (χ1v) is 5.48. The number of amides is 1. The van der Waals surface area contributed by atoms with Gasteiger partial charge in [0, 0.05) is 12.5 Å². The summed E-state index contributed by atoms with van der Waals surface area (Å²) < 4.78 is 0. The Hall–Kier alpha value is -1.10. The fourth-order valence-corrected chi connectivity index (χ4v) is 1.28. The molecule has 0 aliphatic carbocycles. The summed E-state index contributed by atoms with van der Waals surface area (Å²) in [5.41, 5.74) is 5.03. The van der Waals surface area contributed by atoms with Crippen molar-refractivity contribution in [3.8, 4) is 0 Å². The highest BCUT2D eigenvalue weighted by atomic mass is 16.4. The Bertz CT molecular complexity index is 246. The molecule has 0 rings (SSSR count). The van der Waals surface area contributed by atoms with Crippen LogP contribution in [0.15, 0.2) is 0 Å². The standard InChI is InChI=1S/C11H22N2O3/c1-11(2,3)8(7-10(15)16)13-9(14)5-4-6-12/h8H,4-7,12H2,1-3H3,(H,13,14)(H,15,16). The van der Waals surface area contributed by atoms with Gasteiger partial charge in [0.25, 0.3) is 0 Å². The van der Waals surface area contributed by atoms with Crippen molar-refractivity contribution in [2.24, 2.45) is 11.1 Å². The molecule has 0 aliphatic heterocycles. The van der Waals surface area contributed by atoms with E-state index in [0.717, 1.165) is 0 Å². The highest BCUT2D eigenvalue weighted by Gasteiger charge is 2.28. The third kappa shape index (κ3) is 6.40. The fraction of sp³-hybridized carbons (Fsp3) is 0.818. The molecule has 5 nitrogen and oxygen atoms in total. The molecule has 94 valence electrons. The smallest absolute Gasteiger partial charge is 0.305 e. The van der Waals surface area contributed by atoms with Crippen molar-refractivity contribution >= 4 is 11.9 Å². The molecular formula is C11H22N2O3. The molecule has 1 atom stereocenters. The minimum absolute atomic E-state index is 0.0577. The van der Waals surface area contributed by atoms with E-state index < -0.39 is 5.97 Å². The Morgan fingerprint density at radius 3 is 2.31 bits per heavy atom. The van der Waals surface area contributed by atoms with E-state index in [0.29, 0.717) is 19.4 Å². The van der Waals surface area contributed by atoms with Gasteiger partial charge in [0.2, 0.25) is 5.91 Å². The molecule has 0 aromatic heterocycles. The number of carbonyl (C=O) groups excluding carboxylic acids is 1. The summed E-state index contributed by atoms with van der Waals surface area (Å²) in [6, 6.07) is -0.352. The van der Waals surface area contributed by atoms with Crippen LogP contribution in [-0.4, -0.2) is 29.6 Å². The highest BCUT2D eigenvalue weighted by Crippen LogP contribution is 2.21. The lowest BCUT2D eigenvalue weighted by molar-refractivity contribution is -0.138. The van der Waals surface area contributed by atoms with Gasteiger partial charge in [0.15, 0.2) is 0 Å². The van der Waals surface area contributed by atoms with Crippen LogP contribution < -0.4 is 11.1 Å². The average Bonchev–Trinajstić information content (AvgIpc) is 2.11. The number of hydrogen-bond donors (Lipinski definition) is 3. The molecule has 0 bridgehead atoms. The molecule has 0 saturated heterocycles. The van der Waals surface area contributed by atoms with Gasteiger partial charge in [-0.1, -0.05) is 20.8 Å². The molecule has 1 amide bonds. The van der Waals surface area contributed by atoms with Crippen molar-refractivity contribution in [3.63, 3.8) is 0 Å². The van der Waals surface area contributed by atoms with Gasteiger partial charge in [-0.3, -0.25) is 9.59 Å². The SMILES string of the molecule is CC(C)(C)C(CC(=O)O)NC(=O)CCCN. The predicted molar refractivity (Wildman–Crippen MR) is 61.9 cm³/mol. The monoisotopic (exact) mass is 230 g/mol. The third-order valence-corrected chi connectivity index (χ3v) is 2.37. The summed E-state index contributed by atoms with van der Waals surface area (Å²) in [5.74, 6) is -1.04. The van der Waals surface area contributed by atoms with Gasteiger partial charge >= 0.3 is 5.97 Å². The van der Waals surface area contributed by atoms with E-state index in [1.54, 1.807) is 0 Å². The van der Waals surface area contributed by atoms with Crippen molar-refractivity contribution in [1.29, 1.82) is 0 Å². The molecule has 5 heteroatoms. The Morgan fingerprint density at radius 1 is 1.38 bits per heavy atom. The van der Waals surface area contributed by atoms with E-state index in [1.165, 1.54) is 0 Å². The van der Waals surface area contributed by atoms with Crippen LogP contribution in [0.5, 0.6) is 0 Å². The molecule has 0 saturated carbocycles. The summed E-state index contributed by atoms with van der Waals surface area (Å²) >= 11 is 0. The van der Waals surface area contributed by atoms with Gasteiger partial charge in [-0.15, -0.1) is 0 Å². The van der Waals surface area contributed by atoms with Gasteiger partial charge in [-0.25, -0.2) is 0 Å². The van der Waals surface area contributed by atoms with E-state index >= 15 is 0 Å². The number of nitrogens with two attached hydrogens (primary N) is 1. The van der Waals surface area contributed by atoms with Gasteiger partial charge in [0.05, 0.1) is 6.42 Å². The number of carboxylic acid groups (broad SMARTS) is 1. The molecular weight excluding hydrogens is 208 g/mol. The van der Waals surface area contributed by atoms with Crippen LogP contribution in [0.2, 0.25) is 0 Å². The summed E-state index contributed by atoms with van der Waals surface area (Å²) in [4.78, 5) is 22.2. The van der Waals surface area contributed by atoms with Gasteiger partial charge in [0.1, 0.15) is 0 Å². The first-order chi connectivity index (χ1) is 7.27. The normalized spacial score (nSPS) is 13.2. The van der Waals surface area contributed by atoms with Crippen molar-refractivity contribution in [1.82, 2.24) is 5.32 Å². The largest absolute Gasteiger partial charge is 0.481 e. The molecule has 4 N–H and O–H groups in total. The number of carbonyl (C=O) groups is 2. The van der Waals surface area contributed by atoms with Crippen LogP contribution >= 0.6 is 0 Å². The zero-order valence-electron chi connectivity index (χ0n) is 10.2. The minimum atomic E-state index is -0.904. The molecule has 0 heterocycles. The number of aliphatic carboxylic acids is 1. The van der Waals surface area contributed by atoms with Crippen LogP contribution in [-0.2, 0) is 9.59 Å². The molecule has 0 radical (unpaired) electrons. The summed E-state index contributed by atoms with van der Waals surface area (Å²) in [6.07, 6.45) is 0.913. The van der Waals surface area contributed by atoms with Crippen molar-refractivity contribution in [3.05, 3.63) is 0 Å². The minimum Gasteiger partial charge on any atom is -0.481 e. The van der Waals surface area contributed by atoms with Crippen LogP contribution in [0, 0.1) is 5.41 Å². The number of hydrogen-bond acceptors (Lipinski definition) is 3. The lowest BCUT2D eigenvalue weighted by Crippen LogP contribution is -2.45. The van der Waals surface area contributed by atoms with Gasteiger partial charge < -0.3 is 16.2 Å². The Kier molecular flexibility index (Phi) is 6.03. The molecule has 0 aromatic rings. The highest BCUT2D eigenvalue weighted by molar-refractivity contribution is 5.77. The zero-order chi connectivity index (χ0) is 12.8. The summed E-state index contributed by atoms with van der Waals surface area (Å²) in [5, 5.41) is 11.5. The number of carboxylic acids is 1. The molecule has 0 spiro atoms. The topological polar surface area (TPSA) is 92.4 Å². The second-order valence-corrected chi connectivity index (χ2v) is 4.98. The maximum absolute atomic E-state index is 11.5. The first-order valence-electron chi connectivity index (χ1n) is 5.48. The summed E-state index contributed by atoms with van der Waals surface area (Å²) in [6.45, 7) is 6.18. The van der Waals surface area contributed by atoms with Crippen molar-refractivity contribution in [2.75, 3.05) is 6.54 Å². The van der Waals surface area contributed by atoms with E-state index in [9.17, 15) is 9.59 Å². The molecule has 0 fully saturated rings. The van der Waals surface area contributed by atoms with Crippen LogP contribution in [0.1, 0.15) is 40.0 Å². The molecule has 0 aliphatic rings. The first kappa shape index (κ1) is 14.9. The lowest BCUT2D eigenvalue weighted by atomic mass is 9.84. The third-order valence-electron chi connectivity index (χ3n) is 2.37. The van der Waals surface area contributed by atoms with Gasteiger partial charge in [-0.05, 0) is 18.4 Å². The molecule has 0 aromatic carbocycles. The summed E-state index contributed by atoms with van der Waals surface area (Å²) in [7, 11) is 0. The number of rotatable bonds is 6. The Labute approximate surface area is 96.4 Å². The van der Waals surface area contributed by atoms with Crippen LogP contribution in [0.25, 0.3) is 0 Å². The van der Waals surface area contributed by atoms with E-state index in [1.807, 2.05) is 20.8 Å². The maximum Gasteiger partial charge on any atom is 0.305 e.